The molecule has 1 saturated carbocycles. The number of benzene rings is 1. The van der Waals surface area contributed by atoms with Crippen LogP contribution in [0.4, 0.5) is 0 Å². The lowest BCUT2D eigenvalue weighted by atomic mass is 9.96. The van der Waals surface area contributed by atoms with Gasteiger partial charge in [-0.2, -0.15) is 0 Å². The van der Waals surface area contributed by atoms with Gasteiger partial charge in [0, 0.05) is 12.5 Å². The number of carbonyl (C=O) groups excluding carboxylic acids is 1. The largest absolute Gasteiger partial charge is 0.454 e. The Bertz CT molecular complexity index is 543. The van der Waals surface area contributed by atoms with Crippen LogP contribution in [0.1, 0.15) is 57.4 Å². The van der Waals surface area contributed by atoms with Crippen molar-refractivity contribution in [3.8, 4) is 11.5 Å². The molecule has 126 valence electrons. The summed E-state index contributed by atoms with van der Waals surface area (Å²) in [6.45, 7) is 2.52. The minimum Gasteiger partial charge on any atom is -0.454 e. The monoisotopic (exact) mass is 317 g/mol. The maximum absolute atomic E-state index is 12.3. The number of fused-ring (bicyclic) bond motifs is 1. The average Bonchev–Trinajstić information content (AvgIpc) is 3.19. The lowest BCUT2D eigenvalue weighted by Gasteiger charge is -2.21. The van der Waals surface area contributed by atoms with Crippen molar-refractivity contribution in [2.75, 3.05) is 6.79 Å². The Kier molecular flexibility index (Phi) is 5.42. The second kappa shape index (κ2) is 7.71. The maximum atomic E-state index is 12.3. The molecule has 0 spiro atoms. The van der Waals surface area contributed by atoms with Crippen LogP contribution in [-0.4, -0.2) is 18.7 Å². The van der Waals surface area contributed by atoms with Crippen molar-refractivity contribution in [2.45, 2.75) is 64.3 Å². The fraction of sp³-hybridized carbons (Fsp3) is 0.632. The third-order valence-electron chi connectivity index (χ3n) is 5.01. The van der Waals surface area contributed by atoms with Crippen molar-refractivity contribution in [3.05, 3.63) is 23.8 Å². The van der Waals surface area contributed by atoms with Crippen LogP contribution in [0, 0.1) is 5.92 Å². The molecule has 23 heavy (non-hydrogen) atoms. The lowest BCUT2D eigenvalue weighted by Crippen LogP contribution is -2.37. The molecule has 1 aromatic carbocycles. The normalized spacial score (nSPS) is 22.3. The third kappa shape index (κ3) is 4.18. The minimum atomic E-state index is 0.177. The molecule has 0 saturated heterocycles. The average molecular weight is 317 g/mol. The first-order valence-corrected chi connectivity index (χ1v) is 8.94. The fourth-order valence-corrected chi connectivity index (χ4v) is 3.67. The van der Waals surface area contributed by atoms with E-state index in [1.807, 2.05) is 18.2 Å². The number of amides is 1. The van der Waals surface area contributed by atoms with Crippen LogP contribution in [0.3, 0.4) is 0 Å². The van der Waals surface area contributed by atoms with Crippen molar-refractivity contribution in [3.63, 3.8) is 0 Å². The molecule has 0 radical (unpaired) electrons. The van der Waals surface area contributed by atoms with Crippen LogP contribution in [0.5, 0.6) is 11.5 Å². The van der Waals surface area contributed by atoms with Crippen molar-refractivity contribution in [2.24, 2.45) is 5.92 Å². The molecule has 1 fully saturated rings. The van der Waals surface area contributed by atoms with E-state index in [4.69, 9.17) is 9.47 Å². The highest BCUT2D eigenvalue weighted by Crippen LogP contribution is 2.33. The molecule has 3 rings (SSSR count). The van der Waals surface area contributed by atoms with E-state index in [1.165, 1.54) is 32.1 Å². The zero-order chi connectivity index (χ0) is 16.1. The van der Waals surface area contributed by atoms with Crippen LogP contribution in [-0.2, 0) is 11.2 Å². The van der Waals surface area contributed by atoms with Gasteiger partial charge in [0.05, 0.1) is 0 Å². The quantitative estimate of drug-likeness (QED) is 0.831. The van der Waals surface area contributed by atoms with Crippen LogP contribution >= 0.6 is 0 Å². The predicted octanol–water partition coefficient (Wildman–Crippen LogP) is 3.82. The van der Waals surface area contributed by atoms with E-state index in [1.54, 1.807) is 0 Å². The molecule has 0 bridgehead atoms. The summed E-state index contributed by atoms with van der Waals surface area (Å²) in [6.07, 6.45) is 8.71. The van der Waals surface area contributed by atoms with E-state index in [2.05, 4.69) is 12.2 Å². The van der Waals surface area contributed by atoms with Gasteiger partial charge in [-0.15, -0.1) is 0 Å². The van der Waals surface area contributed by atoms with E-state index in [0.717, 1.165) is 29.9 Å². The Morgan fingerprint density at radius 2 is 2.13 bits per heavy atom. The molecular formula is C19H27NO3. The molecule has 2 aliphatic rings. The highest BCUT2D eigenvalue weighted by molar-refractivity contribution is 5.76. The number of carbonyl (C=O) groups is 1. The number of ether oxygens (including phenoxy) is 2. The number of hydrogen-bond acceptors (Lipinski definition) is 3. The smallest absolute Gasteiger partial charge is 0.231 e. The SMILES string of the molecule is CCCCC1CCCC1NC(=O)CCc1ccc2c(c1)OCO2. The fourth-order valence-electron chi connectivity index (χ4n) is 3.67. The molecule has 1 aliphatic carbocycles. The molecule has 2 atom stereocenters. The molecule has 0 aromatic heterocycles. The van der Waals surface area contributed by atoms with Crippen LogP contribution in [0.15, 0.2) is 18.2 Å². The molecule has 1 N–H and O–H groups in total. The summed E-state index contributed by atoms with van der Waals surface area (Å²) in [6, 6.07) is 6.31. The Morgan fingerprint density at radius 1 is 1.26 bits per heavy atom. The van der Waals surface area contributed by atoms with Gasteiger partial charge in [0.2, 0.25) is 12.7 Å². The Morgan fingerprint density at radius 3 is 3.00 bits per heavy atom. The number of aryl methyl sites for hydroxylation is 1. The summed E-state index contributed by atoms with van der Waals surface area (Å²) in [5, 5.41) is 3.27. The summed E-state index contributed by atoms with van der Waals surface area (Å²) in [4.78, 5) is 12.3. The first-order valence-electron chi connectivity index (χ1n) is 8.94. The van der Waals surface area contributed by atoms with Gasteiger partial charge in [-0.1, -0.05) is 32.3 Å². The predicted molar refractivity (Wildman–Crippen MR) is 89.7 cm³/mol. The van der Waals surface area contributed by atoms with Crippen LogP contribution in [0.25, 0.3) is 0 Å². The topological polar surface area (TPSA) is 47.6 Å². The number of rotatable bonds is 7. The van der Waals surface area contributed by atoms with Crippen molar-refractivity contribution in [1.82, 2.24) is 5.32 Å². The van der Waals surface area contributed by atoms with E-state index < -0.39 is 0 Å². The van der Waals surface area contributed by atoms with Gasteiger partial charge >= 0.3 is 0 Å². The molecule has 1 aromatic rings. The van der Waals surface area contributed by atoms with Gasteiger partial charge in [-0.3, -0.25) is 4.79 Å². The highest BCUT2D eigenvalue weighted by atomic mass is 16.7. The first kappa shape index (κ1) is 16.2. The zero-order valence-electron chi connectivity index (χ0n) is 14.0. The van der Waals surface area contributed by atoms with Gasteiger partial charge in [-0.05, 0) is 49.3 Å². The number of hydrogen-bond donors (Lipinski definition) is 1. The molecule has 4 heteroatoms. The maximum Gasteiger partial charge on any atom is 0.231 e. The number of unbranched alkanes of at least 4 members (excludes halogenated alkanes) is 1. The van der Waals surface area contributed by atoms with E-state index >= 15 is 0 Å². The minimum absolute atomic E-state index is 0.177. The third-order valence-corrected chi connectivity index (χ3v) is 5.01. The second-order valence-electron chi connectivity index (χ2n) is 6.69. The Labute approximate surface area is 138 Å². The summed E-state index contributed by atoms with van der Waals surface area (Å²) < 4.78 is 10.7. The van der Waals surface area contributed by atoms with Gasteiger partial charge < -0.3 is 14.8 Å². The summed E-state index contributed by atoms with van der Waals surface area (Å²) in [7, 11) is 0. The van der Waals surface area contributed by atoms with E-state index in [-0.39, 0.29) is 5.91 Å². The lowest BCUT2D eigenvalue weighted by molar-refractivity contribution is -0.122. The summed E-state index contributed by atoms with van der Waals surface area (Å²) >= 11 is 0. The Balaban J connectivity index is 1.46. The molecule has 1 amide bonds. The van der Waals surface area contributed by atoms with Crippen molar-refractivity contribution < 1.29 is 14.3 Å². The highest BCUT2D eigenvalue weighted by Gasteiger charge is 2.27. The van der Waals surface area contributed by atoms with Gasteiger partial charge in [0.25, 0.3) is 0 Å². The standard InChI is InChI=1S/C19H27NO3/c1-2-3-5-15-6-4-7-16(15)20-19(21)11-9-14-8-10-17-18(12-14)23-13-22-17/h8,10,12,15-16H,2-7,9,11,13H2,1H3,(H,20,21). The van der Waals surface area contributed by atoms with Gasteiger partial charge in [0.1, 0.15) is 0 Å². The van der Waals surface area contributed by atoms with Gasteiger partial charge in [-0.25, -0.2) is 0 Å². The summed E-state index contributed by atoms with van der Waals surface area (Å²) in [5.41, 5.74) is 1.12. The summed E-state index contributed by atoms with van der Waals surface area (Å²) in [5.74, 6) is 2.45. The molecule has 2 unspecified atom stereocenters. The van der Waals surface area contributed by atoms with E-state index in [9.17, 15) is 4.79 Å². The second-order valence-corrected chi connectivity index (χ2v) is 6.69. The zero-order valence-corrected chi connectivity index (χ0v) is 14.0. The molecule has 4 nitrogen and oxygen atoms in total. The van der Waals surface area contributed by atoms with Crippen molar-refractivity contribution >= 4 is 5.91 Å². The molecule has 1 heterocycles. The van der Waals surface area contributed by atoms with Crippen LogP contribution < -0.4 is 14.8 Å². The number of nitrogens with one attached hydrogen (secondary N) is 1. The van der Waals surface area contributed by atoms with Gasteiger partial charge in [0.15, 0.2) is 11.5 Å². The first-order chi connectivity index (χ1) is 11.3. The van der Waals surface area contributed by atoms with Crippen LogP contribution in [0.2, 0.25) is 0 Å². The Hall–Kier alpha value is -1.71. The van der Waals surface area contributed by atoms with Crippen molar-refractivity contribution in [1.29, 1.82) is 0 Å². The molecule has 1 aliphatic heterocycles. The van der Waals surface area contributed by atoms with E-state index in [0.29, 0.717) is 25.2 Å². The molecular weight excluding hydrogens is 290 g/mol.